The summed E-state index contributed by atoms with van der Waals surface area (Å²) < 4.78 is 3.43. The fourth-order valence-electron chi connectivity index (χ4n) is 6.06. The van der Waals surface area contributed by atoms with E-state index in [1.807, 2.05) is 55.7 Å². The number of rotatable bonds is 8. The van der Waals surface area contributed by atoms with Gasteiger partial charge in [0.05, 0.1) is 29.4 Å². The smallest absolute Gasteiger partial charge is 0.339 e. The first kappa shape index (κ1) is 24.6. The number of aromatic carboxylic acids is 1. The molecule has 3 atom stereocenters. The fraction of sp³-hybridized carbons (Fsp3) is 0.400. The topological polar surface area (TPSA) is 106 Å². The molecule has 3 unspecified atom stereocenters. The zero-order valence-electron chi connectivity index (χ0n) is 21.6. The summed E-state index contributed by atoms with van der Waals surface area (Å²) in [6.07, 6.45) is 10.8. The summed E-state index contributed by atoms with van der Waals surface area (Å²) in [4.78, 5) is 12.1. The van der Waals surface area contributed by atoms with E-state index in [2.05, 4.69) is 21.5 Å². The van der Waals surface area contributed by atoms with Gasteiger partial charge in [-0.3, -0.25) is 4.68 Å². The lowest BCUT2D eigenvalue weighted by molar-refractivity contribution is 0.0695. The Bertz CT molecular complexity index is 1450. The lowest BCUT2D eigenvalue weighted by atomic mass is 9.84. The van der Waals surface area contributed by atoms with Gasteiger partial charge in [-0.25, -0.2) is 9.48 Å². The van der Waals surface area contributed by atoms with E-state index < -0.39 is 12.1 Å². The summed E-state index contributed by atoms with van der Waals surface area (Å²) in [5.74, 6) is -0.239. The van der Waals surface area contributed by atoms with Crippen molar-refractivity contribution in [3.05, 3.63) is 83.4 Å². The molecule has 2 N–H and O–H groups in total. The zero-order chi connectivity index (χ0) is 26.2. The molecular formula is C30H33N5O3. The number of aliphatic hydroxyl groups excluding tert-OH is 1. The van der Waals surface area contributed by atoms with Gasteiger partial charge in [0.2, 0.25) is 0 Å². The second-order valence-corrected chi connectivity index (χ2v) is 10.9. The Labute approximate surface area is 221 Å². The SMILES string of the molecule is Cn1cc(C2CC2c2c(C(=O)O)cnn2-c2cccc(-c3cccc(C(O)CC4CCCCC4)c3)c2)nn1. The van der Waals surface area contributed by atoms with E-state index >= 15 is 0 Å². The van der Waals surface area contributed by atoms with Gasteiger partial charge in [0.25, 0.3) is 0 Å². The van der Waals surface area contributed by atoms with Crippen molar-refractivity contribution in [2.75, 3.05) is 0 Å². The van der Waals surface area contributed by atoms with E-state index in [0.29, 0.717) is 11.6 Å². The van der Waals surface area contributed by atoms with E-state index in [1.54, 1.807) is 9.36 Å². The minimum Gasteiger partial charge on any atom is -0.478 e. The van der Waals surface area contributed by atoms with Crippen molar-refractivity contribution < 1.29 is 15.0 Å². The summed E-state index contributed by atoms with van der Waals surface area (Å²) >= 11 is 0. The molecule has 8 nitrogen and oxygen atoms in total. The Kier molecular flexibility index (Phi) is 6.57. The fourth-order valence-corrected chi connectivity index (χ4v) is 6.06. The van der Waals surface area contributed by atoms with Gasteiger partial charge in [0, 0.05) is 25.1 Å². The molecule has 0 saturated heterocycles. The van der Waals surface area contributed by atoms with Gasteiger partial charge in [-0.05, 0) is 53.6 Å². The van der Waals surface area contributed by atoms with Crippen LogP contribution in [0.1, 0.15) is 90.2 Å². The summed E-state index contributed by atoms with van der Waals surface area (Å²) in [6, 6.07) is 16.1. The molecule has 6 rings (SSSR count). The number of hydrogen-bond acceptors (Lipinski definition) is 5. The van der Waals surface area contributed by atoms with Crippen molar-refractivity contribution >= 4 is 5.97 Å². The first-order valence-corrected chi connectivity index (χ1v) is 13.5. The van der Waals surface area contributed by atoms with Gasteiger partial charge in [0.15, 0.2) is 0 Å². The third kappa shape index (κ3) is 4.88. The molecule has 2 aromatic carbocycles. The number of hydrogen-bond donors (Lipinski definition) is 2. The van der Waals surface area contributed by atoms with Crippen LogP contribution in [0.3, 0.4) is 0 Å². The van der Waals surface area contributed by atoms with Crippen LogP contribution in [0.2, 0.25) is 0 Å². The van der Waals surface area contributed by atoms with Crippen LogP contribution in [-0.4, -0.2) is 41.0 Å². The molecule has 0 radical (unpaired) electrons. The largest absolute Gasteiger partial charge is 0.478 e. The molecule has 0 bridgehead atoms. The van der Waals surface area contributed by atoms with Crippen molar-refractivity contribution in [3.63, 3.8) is 0 Å². The van der Waals surface area contributed by atoms with Crippen LogP contribution in [0, 0.1) is 5.92 Å². The Morgan fingerprint density at radius 3 is 2.55 bits per heavy atom. The lowest BCUT2D eigenvalue weighted by Crippen LogP contribution is -2.11. The van der Waals surface area contributed by atoms with Gasteiger partial charge < -0.3 is 10.2 Å². The molecule has 196 valence electrons. The van der Waals surface area contributed by atoms with Crippen molar-refractivity contribution in [1.82, 2.24) is 24.8 Å². The highest BCUT2D eigenvalue weighted by atomic mass is 16.4. The monoisotopic (exact) mass is 511 g/mol. The number of aromatic nitrogens is 5. The molecule has 2 heterocycles. The summed E-state index contributed by atoms with van der Waals surface area (Å²) in [5.41, 5.74) is 5.55. The standard InChI is InChI=1S/C30H33N5O3/c1-34-18-27(32-33-34)24-16-25(24)29-26(30(37)38)17-31-35(29)23-12-6-10-21(15-23)20-9-5-11-22(14-20)28(36)13-19-7-3-2-4-8-19/h5-6,9-12,14-15,17-19,24-25,28,36H,2-4,7-8,13,16H2,1H3,(H,37,38). The Balaban J connectivity index is 1.28. The van der Waals surface area contributed by atoms with Gasteiger partial charge in [0.1, 0.15) is 5.56 Å². The van der Waals surface area contributed by atoms with E-state index in [-0.39, 0.29) is 17.4 Å². The van der Waals surface area contributed by atoms with Gasteiger partial charge in [-0.2, -0.15) is 5.10 Å². The number of aryl methyl sites for hydroxylation is 1. The Hall–Kier alpha value is -3.78. The number of aliphatic hydroxyl groups is 1. The maximum Gasteiger partial charge on any atom is 0.339 e. The molecule has 0 aliphatic heterocycles. The van der Waals surface area contributed by atoms with Crippen LogP contribution >= 0.6 is 0 Å². The Morgan fingerprint density at radius 2 is 1.82 bits per heavy atom. The van der Waals surface area contributed by atoms with Crippen LogP contribution in [-0.2, 0) is 7.05 Å². The molecule has 2 aliphatic rings. The molecule has 0 spiro atoms. The van der Waals surface area contributed by atoms with Crippen molar-refractivity contribution in [3.8, 4) is 16.8 Å². The number of nitrogens with zero attached hydrogens (tertiary/aromatic N) is 5. The molecule has 0 amide bonds. The molecule has 4 aromatic rings. The van der Waals surface area contributed by atoms with Crippen LogP contribution in [0.15, 0.2) is 60.9 Å². The highest BCUT2D eigenvalue weighted by Crippen LogP contribution is 2.55. The zero-order valence-corrected chi connectivity index (χ0v) is 21.6. The van der Waals surface area contributed by atoms with E-state index in [1.165, 1.54) is 38.3 Å². The highest BCUT2D eigenvalue weighted by Gasteiger charge is 2.46. The molecule has 2 saturated carbocycles. The molecule has 2 aliphatic carbocycles. The maximum absolute atomic E-state index is 12.1. The van der Waals surface area contributed by atoms with Crippen LogP contribution in [0.5, 0.6) is 0 Å². The molecule has 8 heteroatoms. The van der Waals surface area contributed by atoms with Gasteiger partial charge in [-0.1, -0.05) is 67.6 Å². The second kappa shape index (κ2) is 10.2. The summed E-state index contributed by atoms with van der Waals surface area (Å²) in [6.45, 7) is 0. The van der Waals surface area contributed by atoms with Crippen LogP contribution in [0.4, 0.5) is 0 Å². The predicted molar refractivity (Wildman–Crippen MR) is 143 cm³/mol. The highest BCUT2D eigenvalue weighted by molar-refractivity contribution is 5.89. The van der Waals surface area contributed by atoms with Crippen molar-refractivity contribution in [2.45, 2.75) is 62.9 Å². The van der Waals surface area contributed by atoms with Crippen molar-refractivity contribution in [1.29, 1.82) is 0 Å². The average Bonchev–Trinajstić information content (AvgIpc) is 3.38. The maximum atomic E-state index is 12.1. The lowest BCUT2D eigenvalue weighted by Gasteiger charge is -2.24. The van der Waals surface area contributed by atoms with E-state index in [9.17, 15) is 15.0 Å². The van der Waals surface area contributed by atoms with Crippen LogP contribution < -0.4 is 0 Å². The van der Waals surface area contributed by atoms with Gasteiger partial charge in [-0.15, -0.1) is 5.10 Å². The molecule has 2 fully saturated rings. The first-order chi connectivity index (χ1) is 18.5. The van der Waals surface area contributed by atoms with E-state index in [0.717, 1.165) is 40.9 Å². The summed E-state index contributed by atoms with van der Waals surface area (Å²) in [5, 5.41) is 33.6. The molecular weight excluding hydrogens is 478 g/mol. The minimum absolute atomic E-state index is 0.0159. The normalized spacial score (nSPS) is 20.4. The third-order valence-electron chi connectivity index (χ3n) is 8.16. The Morgan fingerprint density at radius 1 is 1.05 bits per heavy atom. The second-order valence-electron chi connectivity index (χ2n) is 10.9. The van der Waals surface area contributed by atoms with Crippen LogP contribution in [0.25, 0.3) is 16.8 Å². The number of carbonyl (C=O) groups is 1. The molecule has 38 heavy (non-hydrogen) atoms. The number of carboxylic acid groups (broad SMARTS) is 1. The third-order valence-corrected chi connectivity index (χ3v) is 8.16. The van der Waals surface area contributed by atoms with Gasteiger partial charge >= 0.3 is 5.97 Å². The number of benzene rings is 2. The number of carboxylic acids is 1. The predicted octanol–water partition coefficient (Wildman–Crippen LogP) is 5.64. The quantitative estimate of drug-likeness (QED) is 0.317. The van der Waals surface area contributed by atoms with Crippen molar-refractivity contribution in [2.24, 2.45) is 13.0 Å². The first-order valence-electron chi connectivity index (χ1n) is 13.5. The van der Waals surface area contributed by atoms with E-state index in [4.69, 9.17) is 0 Å². The average molecular weight is 512 g/mol. The molecule has 2 aromatic heterocycles. The minimum atomic E-state index is -0.980. The summed E-state index contributed by atoms with van der Waals surface area (Å²) in [7, 11) is 1.83.